The molecule has 2 heterocycles. The van der Waals surface area contributed by atoms with Crippen LogP contribution in [0.25, 0.3) is 0 Å². The summed E-state index contributed by atoms with van der Waals surface area (Å²) >= 11 is 0. The summed E-state index contributed by atoms with van der Waals surface area (Å²) in [5.41, 5.74) is 2.37. The average Bonchev–Trinajstić information content (AvgIpc) is 2.88. The lowest BCUT2D eigenvalue weighted by molar-refractivity contribution is 0.0718. The van der Waals surface area contributed by atoms with Gasteiger partial charge in [0, 0.05) is 49.7 Å². The number of pyridine rings is 1. The Morgan fingerprint density at radius 1 is 0.875 bits per heavy atom. The van der Waals surface area contributed by atoms with E-state index < -0.39 is 0 Å². The lowest BCUT2D eigenvalue weighted by Crippen LogP contribution is -2.37. The Hall–Kier alpha value is -2.69. The SMILES string of the molecule is Cc1ccccc1C(=O)N1CCCN(C(=O)c2ccncc2)CC1. The molecule has 0 radical (unpaired) electrons. The van der Waals surface area contributed by atoms with Crippen LogP contribution >= 0.6 is 0 Å². The molecule has 5 nitrogen and oxygen atoms in total. The van der Waals surface area contributed by atoms with Crippen molar-refractivity contribution in [2.45, 2.75) is 13.3 Å². The Morgan fingerprint density at radius 3 is 2.17 bits per heavy atom. The van der Waals surface area contributed by atoms with Crippen LogP contribution in [0.15, 0.2) is 48.8 Å². The van der Waals surface area contributed by atoms with Crippen molar-refractivity contribution < 1.29 is 9.59 Å². The maximum atomic E-state index is 12.7. The van der Waals surface area contributed by atoms with Gasteiger partial charge in [-0.1, -0.05) is 18.2 Å². The molecule has 0 atom stereocenters. The molecule has 0 aliphatic carbocycles. The lowest BCUT2D eigenvalue weighted by Gasteiger charge is -2.23. The van der Waals surface area contributed by atoms with Gasteiger partial charge >= 0.3 is 0 Å². The maximum absolute atomic E-state index is 12.7. The Morgan fingerprint density at radius 2 is 1.50 bits per heavy atom. The molecule has 0 bridgehead atoms. The maximum Gasteiger partial charge on any atom is 0.254 e. The zero-order valence-corrected chi connectivity index (χ0v) is 13.8. The molecule has 2 amide bonds. The first-order valence-electron chi connectivity index (χ1n) is 8.21. The van der Waals surface area contributed by atoms with Gasteiger partial charge in [0.05, 0.1) is 0 Å². The van der Waals surface area contributed by atoms with E-state index in [1.165, 1.54) is 0 Å². The number of carbonyl (C=O) groups excluding carboxylic acids is 2. The Labute approximate surface area is 141 Å². The molecule has 1 aromatic carbocycles. The van der Waals surface area contributed by atoms with Crippen LogP contribution in [0.3, 0.4) is 0 Å². The van der Waals surface area contributed by atoms with Gasteiger partial charge in [-0.3, -0.25) is 14.6 Å². The first-order chi connectivity index (χ1) is 11.7. The van der Waals surface area contributed by atoms with Gasteiger partial charge in [0.25, 0.3) is 11.8 Å². The molecular weight excluding hydrogens is 302 g/mol. The minimum Gasteiger partial charge on any atom is -0.337 e. The van der Waals surface area contributed by atoms with Crippen LogP contribution in [0.5, 0.6) is 0 Å². The Bertz CT molecular complexity index is 730. The highest BCUT2D eigenvalue weighted by Gasteiger charge is 2.24. The van der Waals surface area contributed by atoms with Crippen LogP contribution in [0, 0.1) is 6.92 Å². The van der Waals surface area contributed by atoms with Gasteiger partial charge < -0.3 is 9.80 Å². The van der Waals surface area contributed by atoms with Gasteiger partial charge in [-0.05, 0) is 37.1 Å². The molecule has 0 N–H and O–H groups in total. The van der Waals surface area contributed by atoms with E-state index in [9.17, 15) is 9.59 Å². The molecule has 0 spiro atoms. The summed E-state index contributed by atoms with van der Waals surface area (Å²) in [7, 11) is 0. The largest absolute Gasteiger partial charge is 0.337 e. The molecule has 3 rings (SSSR count). The summed E-state index contributed by atoms with van der Waals surface area (Å²) in [5.74, 6) is 0.0499. The number of hydrogen-bond acceptors (Lipinski definition) is 3. The topological polar surface area (TPSA) is 53.5 Å². The zero-order chi connectivity index (χ0) is 16.9. The zero-order valence-electron chi connectivity index (χ0n) is 13.8. The van der Waals surface area contributed by atoms with Gasteiger partial charge in [0.2, 0.25) is 0 Å². The van der Waals surface area contributed by atoms with E-state index in [4.69, 9.17) is 0 Å². The van der Waals surface area contributed by atoms with E-state index in [1.807, 2.05) is 41.0 Å². The Balaban J connectivity index is 1.68. The highest BCUT2D eigenvalue weighted by atomic mass is 16.2. The van der Waals surface area contributed by atoms with Crippen molar-refractivity contribution in [3.8, 4) is 0 Å². The molecule has 1 aliphatic heterocycles. The van der Waals surface area contributed by atoms with Crippen molar-refractivity contribution in [2.24, 2.45) is 0 Å². The van der Waals surface area contributed by atoms with E-state index >= 15 is 0 Å². The number of rotatable bonds is 2. The number of amides is 2. The van der Waals surface area contributed by atoms with E-state index in [2.05, 4.69) is 4.98 Å². The predicted octanol–water partition coefficient (Wildman–Crippen LogP) is 2.38. The van der Waals surface area contributed by atoms with Gasteiger partial charge in [-0.15, -0.1) is 0 Å². The van der Waals surface area contributed by atoms with Crippen molar-refractivity contribution in [2.75, 3.05) is 26.2 Å². The van der Waals surface area contributed by atoms with Crippen molar-refractivity contribution >= 4 is 11.8 Å². The minimum absolute atomic E-state index is 0.00240. The molecule has 5 heteroatoms. The van der Waals surface area contributed by atoms with E-state index in [1.54, 1.807) is 24.5 Å². The average molecular weight is 323 g/mol. The Kier molecular flexibility index (Phi) is 4.89. The predicted molar refractivity (Wildman–Crippen MR) is 91.8 cm³/mol. The molecule has 24 heavy (non-hydrogen) atoms. The molecule has 2 aromatic rings. The first kappa shape index (κ1) is 16.2. The molecular formula is C19H21N3O2. The number of nitrogens with zero attached hydrogens (tertiary/aromatic N) is 3. The number of aromatic nitrogens is 1. The molecule has 124 valence electrons. The van der Waals surface area contributed by atoms with Gasteiger partial charge in [-0.2, -0.15) is 0 Å². The molecule has 1 fully saturated rings. The fraction of sp³-hybridized carbons (Fsp3) is 0.316. The number of benzene rings is 1. The standard InChI is InChI=1S/C19H21N3O2/c1-15-5-2-3-6-17(15)19(24)22-12-4-11-21(13-14-22)18(23)16-7-9-20-10-8-16/h2-3,5-10H,4,11-14H2,1H3. The van der Waals surface area contributed by atoms with Gasteiger partial charge in [-0.25, -0.2) is 0 Å². The molecule has 1 saturated heterocycles. The smallest absolute Gasteiger partial charge is 0.254 e. The quantitative estimate of drug-likeness (QED) is 0.852. The highest BCUT2D eigenvalue weighted by molar-refractivity contribution is 5.96. The van der Waals surface area contributed by atoms with Crippen molar-refractivity contribution in [1.29, 1.82) is 0 Å². The second-order valence-electron chi connectivity index (χ2n) is 5.99. The lowest BCUT2D eigenvalue weighted by atomic mass is 10.1. The summed E-state index contributed by atoms with van der Waals surface area (Å²) in [4.78, 5) is 32.9. The first-order valence-corrected chi connectivity index (χ1v) is 8.21. The molecule has 0 unspecified atom stereocenters. The molecule has 0 saturated carbocycles. The van der Waals surface area contributed by atoms with Crippen molar-refractivity contribution in [3.05, 3.63) is 65.5 Å². The van der Waals surface area contributed by atoms with Crippen LogP contribution in [0.2, 0.25) is 0 Å². The van der Waals surface area contributed by atoms with Crippen LogP contribution in [0.4, 0.5) is 0 Å². The summed E-state index contributed by atoms with van der Waals surface area (Å²) in [6.45, 7) is 4.40. The number of hydrogen-bond donors (Lipinski definition) is 0. The molecule has 1 aliphatic rings. The van der Waals surface area contributed by atoms with E-state index in [0.717, 1.165) is 17.5 Å². The van der Waals surface area contributed by atoms with Crippen molar-refractivity contribution in [1.82, 2.24) is 14.8 Å². The van der Waals surface area contributed by atoms with Crippen molar-refractivity contribution in [3.63, 3.8) is 0 Å². The second kappa shape index (κ2) is 7.25. The van der Waals surface area contributed by atoms with E-state index in [-0.39, 0.29) is 11.8 Å². The number of aryl methyl sites for hydroxylation is 1. The fourth-order valence-corrected chi connectivity index (χ4v) is 2.98. The summed E-state index contributed by atoms with van der Waals surface area (Å²) < 4.78 is 0. The monoisotopic (exact) mass is 323 g/mol. The third-order valence-electron chi connectivity index (χ3n) is 4.37. The fourth-order valence-electron chi connectivity index (χ4n) is 2.98. The normalized spacial score (nSPS) is 15.0. The second-order valence-corrected chi connectivity index (χ2v) is 5.99. The third-order valence-corrected chi connectivity index (χ3v) is 4.37. The number of carbonyl (C=O) groups is 2. The van der Waals surface area contributed by atoms with Crippen LogP contribution in [-0.4, -0.2) is 52.8 Å². The van der Waals surface area contributed by atoms with Gasteiger partial charge in [0.1, 0.15) is 0 Å². The summed E-state index contributed by atoms with van der Waals surface area (Å²) in [5, 5.41) is 0. The minimum atomic E-state index is 0.00240. The summed E-state index contributed by atoms with van der Waals surface area (Å²) in [6, 6.07) is 11.1. The van der Waals surface area contributed by atoms with Crippen LogP contribution < -0.4 is 0 Å². The highest BCUT2D eigenvalue weighted by Crippen LogP contribution is 2.14. The third kappa shape index (κ3) is 3.45. The summed E-state index contributed by atoms with van der Waals surface area (Å²) in [6.07, 6.45) is 4.03. The molecule has 1 aromatic heterocycles. The van der Waals surface area contributed by atoms with Crippen LogP contribution in [-0.2, 0) is 0 Å². The van der Waals surface area contributed by atoms with E-state index in [0.29, 0.717) is 31.7 Å². The van der Waals surface area contributed by atoms with Gasteiger partial charge in [0.15, 0.2) is 0 Å². The van der Waals surface area contributed by atoms with Crippen LogP contribution in [0.1, 0.15) is 32.7 Å².